The Morgan fingerprint density at radius 3 is 2.71 bits per heavy atom. The van der Waals surface area contributed by atoms with Gasteiger partial charge in [0, 0.05) is 11.6 Å². The maximum absolute atomic E-state index is 11.9. The summed E-state index contributed by atoms with van der Waals surface area (Å²) in [5.74, 6) is -1.55. The summed E-state index contributed by atoms with van der Waals surface area (Å²) < 4.78 is 0. The third kappa shape index (κ3) is 3.55. The molecule has 1 aromatic carbocycles. The van der Waals surface area contributed by atoms with Crippen LogP contribution in [0.1, 0.15) is 13.3 Å². The lowest BCUT2D eigenvalue weighted by Gasteiger charge is -2.14. The van der Waals surface area contributed by atoms with E-state index in [1.165, 1.54) is 0 Å². The second-order valence-electron chi connectivity index (χ2n) is 4.60. The molecule has 1 atom stereocenters. The molecule has 1 heterocycles. The number of carbonyl (C=O) groups is 2. The molecule has 0 aliphatic carbocycles. The van der Waals surface area contributed by atoms with Gasteiger partial charge in [-0.05, 0) is 18.6 Å². The van der Waals surface area contributed by atoms with Crippen molar-refractivity contribution in [3.63, 3.8) is 0 Å². The van der Waals surface area contributed by atoms with Gasteiger partial charge in [-0.2, -0.15) is 0 Å². The first-order valence-electron chi connectivity index (χ1n) is 6.72. The number of aliphatic hydroxyl groups excluding tert-OH is 1. The molecule has 6 heteroatoms. The molecule has 0 aliphatic heterocycles. The Morgan fingerprint density at radius 2 is 2.00 bits per heavy atom. The van der Waals surface area contributed by atoms with E-state index >= 15 is 0 Å². The number of benzene rings is 1. The zero-order valence-electron chi connectivity index (χ0n) is 11.7. The molecule has 0 bridgehead atoms. The van der Waals surface area contributed by atoms with Gasteiger partial charge in [0.25, 0.3) is 0 Å². The highest BCUT2D eigenvalue weighted by Crippen LogP contribution is 2.20. The maximum atomic E-state index is 11.9. The lowest BCUT2D eigenvalue weighted by molar-refractivity contribution is -0.136. The van der Waals surface area contributed by atoms with Gasteiger partial charge in [-0.15, -0.1) is 0 Å². The fourth-order valence-corrected chi connectivity index (χ4v) is 1.91. The molecule has 110 valence electrons. The number of pyridine rings is 1. The minimum Gasteiger partial charge on any atom is -0.394 e. The van der Waals surface area contributed by atoms with Crippen LogP contribution in [0.4, 0.5) is 5.69 Å². The van der Waals surface area contributed by atoms with Crippen molar-refractivity contribution in [2.24, 2.45) is 0 Å². The lowest BCUT2D eigenvalue weighted by Crippen LogP contribution is -2.43. The molecule has 0 saturated heterocycles. The predicted molar refractivity (Wildman–Crippen MR) is 79.7 cm³/mol. The third-order valence-electron chi connectivity index (χ3n) is 3.14. The quantitative estimate of drug-likeness (QED) is 0.733. The van der Waals surface area contributed by atoms with Crippen LogP contribution in [0, 0.1) is 0 Å². The zero-order chi connectivity index (χ0) is 15.2. The number of para-hydroxylation sites is 1. The van der Waals surface area contributed by atoms with E-state index in [0.717, 1.165) is 5.39 Å². The Morgan fingerprint density at radius 1 is 1.24 bits per heavy atom. The Kier molecular flexibility index (Phi) is 4.84. The van der Waals surface area contributed by atoms with E-state index in [2.05, 4.69) is 15.6 Å². The normalized spacial score (nSPS) is 11.9. The first-order chi connectivity index (χ1) is 10.2. The molecule has 1 unspecified atom stereocenters. The number of amides is 2. The molecule has 1 aromatic heterocycles. The number of aromatic nitrogens is 1. The van der Waals surface area contributed by atoms with Crippen LogP contribution in [0.2, 0.25) is 0 Å². The molecule has 0 radical (unpaired) electrons. The zero-order valence-corrected chi connectivity index (χ0v) is 11.7. The number of anilines is 1. The number of hydrogen-bond acceptors (Lipinski definition) is 4. The van der Waals surface area contributed by atoms with Gasteiger partial charge >= 0.3 is 11.8 Å². The second-order valence-corrected chi connectivity index (χ2v) is 4.60. The van der Waals surface area contributed by atoms with Crippen LogP contribution < -0.4 is 10.6 Å². The minimum absolute atomic E-state index is 0.203. The summed E-state index contributed by atoms with van der Waals surface area (Å²) in [7, 11) is 0. The highest BCUT2D eigenvalue weighted by Gasteiger charge is 2.18. The first kappa shape index (κ1) is 14.9. The van der Waals surface area contributed by atoms with Gasteiger partial charge in [-0.3, -0.25) is 14.6 Å². The van der Waals surface area contributed by atoms with Crippen LogP contribution in [-0.4, -0.2) is 34.6 Å². The average molecular weight is 287 g/mol. The van der Waals surface area contributed by atoms with Crippen LogP contribution in [0.5, 0.6) is 0 Å². The van der Waals surface area contributed by atoms with Crippen LogP contribution in [0.15, 0.2) is 36.5 Å². The number of fused-ring (bicyclic) bond motifs is 1. The SMILES string of the molecule is CCC(CO)NC(=O)C(=O)Nc1cccc2cccnc12. The number of nitrogens with zero attached hydrogens (tertiary/aromatic N) is 1. The molecule has 0 aliphatic rings. The molecule has 2 rings (SSSR count). The Balaban J connectivity index is 2.13. The molecule has 21 heavy (non-hydrogen) atoms. The van der Waals surface area contributed by atoms with E-state index in [1.54, 1.807) is 24.4 Å². The van der Waals surface area contributed by atoms with Crippen molar-refractivity contribution < 1.29 is 14.7 Å². The third-order valence-corrected chi connectivity index (χ3v) is 3.14. The summed E-state index contributed by atoms with van der Waals surface area (Å²) in [5.41, 5.74) is 1.10. The van der Waals surface area contributed by atoms with Crippen molar-refractivity contribution in [2.75, 3.05) is 11.9 Å². The van der Waals surface area contributed by atoms with Crippen molar-refractivity contribution in [3.05, 3.63) is 36.5 Å². The summed E-state index contributed by atoms with van der Waals surface area (Å²) in [6.07, 6.45) is 2.17. The van der Waals surface area contributed by atoms with Crippen LogP contribution in [-0.2, 0) is 9.59 Å². The summed E-state index contributed by atoms with van der Waals surface area (Å²) in [4.78, 5) is 27.8. The number of carbonyl (C=O) groups excluding carboxylic acids is 2. The standard InChI is InChI=1S/C15H17N3O3/c1-2-11(9-19)17-14(20)15(21)18-12-7-3-5-10-6-4-8-16-13(10)12/h3-8,11,19H,2,9H2,1H3,(H,17,20)(H,18,21). The van der Waals surface area contributed by atoms with Gasteiger partial charge in [0.1, 0.15) is 0 Å². The molecule has 2 aromatic rings. The fourth-order valence-electron chi connectivity index (χ4n) is 1.91. The average Bonchev–Trinajstić information content (AvgIpc) is 2.52. The van der Waals surface area contributed by atoms with Crippen molar-refractivity contribution in [2.45, 2.75) is 19.4 Å². The van der Waals surface area contributed by atoms with Gasteiger partial charge in [0.2, 0.25) is 0 Å². The van der Waals surface area contributed by atoms with Crippen molar-refractivity contribution in [1.82, 2.24) is 10.3 Å². The molecule has 3 N–H and O–H groups in total. The Labute approximate surface area is 122 Å². The second kappa shape index (κ2) is 6.81. The number of hydrogen-bond donors (Lipinski definition) is 3. The fraction of sp³-hybridized carbons (Fsp3) is 0.267. The number of rotatable bonds is 4. The summed E-state index contributed by atoms with van der Waals surface area (Å²) >= 11 is 0. The van der Waals surface area contributed by atoms with Crippen molar-refractivity contribution in [3.8, 4) is 0 Å². The van der Waals surface area contributed by atoms with E-state index in [-0.39, 0.29) is 6.61 Å². The van der Waals surface area contributed by atoms with Crippen molar-refractivity contribution >= 4 is 28.4 Å². The number of aliphatic hydroxyl groups is 1. The van der Waals surface area contributed by atoms with Crippen molar-refractivity contribution in [1.29, 1.82) is 0 Å². The topological polar surface area (TPSA) is 91.3 Å². The first-order valence-corrected chi connectivity index (χ1v) is 6.72. The van der Waals surface area contributed by atoms with Gasteiger partial charge in [-0.25, -0.2) is 0 Å². The van der Waals surface area contributed by atoms with Crippen LogP contribution in [0.3, 0.4) is 0 Å². The van der Waals surface area contributed by atoms with Gasteiger partial charge in [-0.1, -0.05) is 25.1 Å². The smallest absolute Gasteiger partial charge is 0.313 e. The largest absolute Gasteiger partial charge is 0.394 e. The summed E-state index contributed by atoms with van der Waals surface area (Å²) in [5, 5.41) is 14.9. The Bertz CT molecular complexity index is 648. The van der Waals surface area contributed by atoms with E-state index in [4.69, 9.17) is 5.11 Å². The highest BCUT2D eigenvalue weighted by atomic mass is 16.3. The Hall–Kier alpha value is -2.47. The molecule has 0 saturated carbocycles. The molecule has 0 fully saturated rings. The maximum Gasteiger partial charge on any atom is 0.313 e. The molecule has 2 amide bonds. The van der Waals surface area contributed by atoms with Gasteiger partial charge < -0.3 is 15.7 Å². The number of nitrogens with one attached hydrogen (secondary N) is 2. The minimum atomic E-state index is -0.778. The van der Waals surface area contributed by atoms with E-state index < -0.39 is 17.9 Å². The van der Waals surface area contributed by atoms with E-state index in [1.807, 2.05) is 19.1 Å². The van der Waals surface area contributed by atoms with E-state index in [0.29, 0.717) is 17.6 Å². The summed E-state index contributed by atoms with van der Waals surface area (Å²) in [6.45, 7) is 1.61. The molecular weight excluding hydrogens is 270 g/mol. The highest BCUT2D eigenvalue weighted by molar-refractivity contribution is 6.40. The lowest BCUT2D eigenvalue weighted by atomic mass is 10.2. The molecule has 6 nitrogen and oxygen atoms in total. The molecular formula is C15H17N3O3. The van der Waals surface area contributed by atoms with Gasteiger partial charge in [0.05, 0.1) is 23.9 Å². The van der Waals surface area contributed by atoms with Crippen LogP contribution >= 0.6 is 0 Å². The predicted octanol–water partition coefficient (Wildman–Crippen LogP) is 1.06. The summed E-state index contributed by atoms with van der Waals surface area (Å²) in [6, 6.07) is 8.58. The molecule has 0 spiro atoms. The van der Waals surface area contributed by atoms with Gasteiger partial charge in [0.15, 0.2) is 0 Å². The van der Waals surface area contributed by atoms with E-state index in [9.17, 15) is 9.59 Å². The monoisotopic (exact) mass is 287 g/mol. The van der Waals surface area contributed by atoms with Crippen LogP contribution in [0.25, 0.3) is 10.9 Å².